The zero-order chi connectivity index (χ0) is 24.6. The minimum atomic E-state index is -1.35. The van der Waals surface area contributed by atoms with Crippen molar-refractivity contribution in [1.82, 2.24) is 5.32 Å². The third-order valence-electron chi connectivity index (χ3n) is 6.55. The van der Waals surface area contributed by atoms with Gasteiger partial charge in [0, 0.05) is 21.9 Å². The van der Waals surface area contributed by atoms with E-state index >= 15 is 0 Å². The average molecular weight is 461 g/mol. The highest BCUT2D eigenvalue weighted by Crippen LogP contribution is 2.37. The molecule has 0 unspecified atom stereocenters. The largest absolute Gasteiger partial charge is 0.548 e. The highest BCUT2D eigenvalue weighted by Gasteiger charge is 2.23. The van der Waals surface area contributed by atoms with Crippen LogP contribution in [-0.4, -0.2) is 17.9 Å². The van der Waals surface area contributed by atoms with E-state index in [2.05, 4.69) is 5.32 Å². The molecule has 0 spiro atoms. The van der Waals surface area contributed by atoms with E-state index in [9.17, 15) is 19.5 Å². The smallest absolute Gasteiger partial charge is 0.340 e. The van der Waals surface area contributed by atoms with Gasteiger partial charge in [-0.15, -0.1) is 0 Å². The van der Waals surface area contributed by atoms with Gasteiger partial charge in [0.05, 0.1) is 30.3 Å². The molecule has 1 amide bonds. The van der Waals surface area contributed by atoms with Gasteiger partial charge < -0.3 is 24.1 Å². The SMILES string of the molecule is CC[C@@H](C)[C@H](NC(=O)Cc1c(C)c2cc3c(-c4ccccc4)coc3c(C)c2oc1=O)C(=O)[O-]. The average Bonchev–Trinajstić information content (AvgIpc) is 3.25. The number of fused-ring (bicyclic) bond motifs is 2. The maximum Gasteiger partial charge on any atom is 0.340 e. The van der Waals surface area contributed by atoms with Crippen molar-refractivity contribution in [2.45, 2.75) is 46.6 Å². The Hall–Kier alpha value is -3.87. The first kappa shape index (κ1) is 23.3. The number of carbonyl (C=O) groups is 2. The van der Waals surface area contributed by atoms with Crippen molar-refractivity contribution in [1.29, 1.82) is 0 Å². The standard InChI is InChI=1S/C27H27NO6/c1-5-14(2)23(26(30)31)28-22(29)12-19-15(3)18-11-20-21(17-9-7-6-8-10-17)13-33-24(20)16(4)25(18)34-27(19)32/h6-11,13-14,23H,5,12H2,1-4H3,(H,28,29)(H,30,31)/p-1/t14-,23+/m1/s1. The first-order valence-corrected chi connectivity index (χ1v) is 11.3. The Morgan fingerprint density at radius 3 is 2.41 bits per heavy atom. The number of benzene rings is 2. The Kier molecular flexibility index (Phi) is 6.28. The van der Waals surface area contributed by atoms with Crippen molar-refractivity contribution in [2.24, 2.45) is 5.92 Å². The maximum atomic E-state index is 12.8. The molecule has 4 aromatic rings. The number of carbonyl (C=O) groups excluding carboxylic acids is 2. The third kappa shape index (κ3) is 4.09. The number of nitrogens with one attached hydrogen (secondary N) is 1. The van der Waals surface area contributed by atoms with Crippen LogP contribution in [0.4, 0.5) is 0 Å². The number of rotatable bonds is 7. The van der Waals surface area contributed by atoms with E-state index < -0.39 is 23.5 Å². The fourth-order valence-electron chi connectivity index (χ4n) is 4.30. The number of aryl methyl sites for hydroxylation is 2. The van der Waals surface area contributed by atoms with E-state index in [1.807, 2.05) is 50.2 Å². The molecular formula is C27H26NO6-. The van der Waals surface area contributed by atoms with Crippen molar-refractivity contribution >= 4 is 33.8 Å². The minimum absolute atomic E-state index is 0.190. The lowest BCUT2D eigenvalue weighted by Crippen LogP contribution is -2.51. The summed E-state index contributed by atoms with van der Waals surface area (Å²) >= 11 is 0. The van der Waals surface area contributed by atoms with Gasteiger partial charge in [-0.2, -0.15) is 0 Å². The maximum absolute atomic E-state index is 12.8. The molecule has 176 valence electrons. The first-order valence-electron chi connectivity index (χ1n) is 11.3. The molecule has 0 saturated heterocycles. The number of amides is 1. The molecule has 34 heavy (non-hydrogen) atoms. The Morgan fingerprint density at radius 2 is 1.76 bits per heavy atom. The second kappa shape index (κ2) is 9.17. The molecule has 2 atom stereocenters. The predicted molar refractivity (Wildman–Crippen MR) is 127 cm³/mol. The Morgan fingerprint density at radius 1 is 1.06 bits per heavy atom. The first-order chi connectivity index (χ1) is 16.2. The van der Waals surface area contributed by atoms with Crippen LogP contribution < -0.4 is 16.0 Å². The summed E-state index contributed by atoms with van der Waals surface area (Å²) in [5.74, 6) is -2.23. The second-order valence-electron chi connectivity index (χ2n) is 8.69. The Bertz CT molecular complexity index is 1450. The van der Waals surface area contributed by atoms with Crippen molar-refractivity contribution < 1.29 is 23.5 Å². The predicted octanol–water partition coefficient (Wildman–Crippen LogP) is 3.65. The lowest BCUT2D eigenvalue weighted by Gasteiger charge is -2.25. The fourth-order valence-corrected chi connectivity index (χ4v) is 4.30. The Balaban J connectivity index is 1.79. The summed E-state index contributed by atoms with van der Waals surface area (Å²) in [5.41, 5.74) is 3.80. The van der Waals surface area contributed by atoms with Crippen LogP contribution in [0.15, 0.2) is 56.3 Å². The Labute approximate surface area is 196 Å². The third-order valence-corrected chi connectivity index (χ3v) is 6.55. The van der Waals surface area contributed by atoms with Crippen LogP contribution in [0.2, 0.25) is 0 Å². The second-order valence-corrected chi connectivity index (χ2v) is 8.69. The van der Waals surface area contributed by atoms with Crippen LogP contribution in [0.1, 0.15) is 37.0 Å². The van der Waals surface area contributed by atoms with Gasteiger partial charge in [-0.1, -0.05) is 50.6 Å². The van der Waals surface area contributed by atoms with Crippen LogP contribution in [0, 0.1) is 19.8 Å². The van der Waals surface area contributed by atoms with Gasteiger partial charge in [-0.25, -0.2) is 4.79 Å². The molecule has 0 aliphatic rings. The van der Waals surface area contributed by atoms with E-state index in [1.54, 1.807) is 20.1 Å². The molecule has 7 heteroatoms. The van der Waals surface area contributed by atoms with E-state index in [-0.39, 0.29) is 17.9 Å². The van der Waals surface area contributed by atoms with Gasteiger partial charge in [-0.05, 0) is 37.0 Å². The fraction of sp³-hybridized carbons (Fsp3) is 0.296. The number of furan rings is 1. The van der Waals surface area contributed by atoms with Gasteiger partial charge in [0.2, 0.25) is 5.91 Å². The number of aliphatic carboxylic acids is 1. The van der Waals surface area contributed by atoms with Gasteiger partial charge >= 0.3 is 5.63 Å². The zero-order valence-corrected chi connectivity index (χ0v) is 19.6. The monoisotopic (exact) mass is 460 g/mol. The summed E-state index contributed by atoms with van der Waals surface area (Å²) in [6.45, 7) is 7.14. The highest BCUT2D eigenvalue weighted by molar-refractivity contribution is 6.05. The molecule has 0 saturated carbocycles. The highest BCUT2D eigenvalue weighted by atomic mass is 16.4. The molecule has 2 aromatic carbocycles. The molecule has 0 radical (unpaired) electrons. The van der Waals surface area contributed by atoms with Gasteiger partial charge in [0.25, 0.3) is 0 Å². The van der Waals surface area contributed by atoms with Crippen molar-refractivity contribution in [2.75, 3.05) is 0 Å². The summed E-state index contributed by atoms with van der Waals surface area (Å²) in [5, 5.41) is 15.5. The molecule has 1 N–H and O–H groups in total. The van der Waals surface area contributed by atoms with Crippen LogP contribution in [0.3, 0.4) is 0 Å². The normalized spacial score (nSPS) is 13.2. The van der Waals surface area contributed by atoms with Crippen LogP contribution in [-0.2, 0) is 16.0 Å². The van der Waals surface area contributed by atoms with Gasteiger partial charge in [-0.3, -0.25) is 4.79 Å². The van der Waals surface area contributed by atoms with Crippen LogP contribution in [0.5, 0.6) is 0 Å². The lowest BCUT2D eigenvalue weighted by molar-refractivity contribution is -0.309. The molecule has 0 fully saturated rings. The summed E-state index contributed by atoms with van der Waals surface area (Å²) in [6.07, 6.45) is 1.95. The van der Waals surface area contributed by atoms with Gasteiger partial charge in [0.15, 0.2) is 0 Å². The number of hydrogen-bond acceptors (Lipinski definition) is 6. The van der Waals surface area contributed by atoms with E-state index in [4.69, 9.17) is 8.83 Å². The summed E-state index contributed by atoms with van der Waals surface area (Å²) in [7, 11) is 0. The van der Waals surface area contributed by atoms with Crippen molar-refractivity contribution in [3.63, 3.8) is 0 Å². The van der Waals surface area contributed by atoms with E-state index in [0.29, 0.717) is 34.1 Å². The lowest BCUT2D eigenvalue weighted by atomic mass is 9.96. The molecule has 0 aliphatic carbocycles. The molecule has 0 bridgehead atoms. The van der Waals surface area contributed by atoms with Crippen LogP contribution in [0.25, 0.3) is 33.1 Å². The zero-order valence-electron chi connectivity index (χ0n) is 19.6. The topological polar surface area (TPSA) is 113 Å². The van der Waals surface area contributed by atoms with Crippen molar-refractivity contribution in [3.05, 3.63) is 69.8 Å². The molecule has 0 aliphatic heterocycles. The number of carboxylic acids is 1. The minimum Gasteiger partial charge on any atom is -0.548 e. The molecule has 4 rings (SSSR count). The van der Waals surface area contributed by atoms with Gasteiger partial charge in [0.1, 0.15) is 11.2 Å². The summed E-state index contributed by atoms with van der Waals surface area (Å²) in [4.78, 5) is 36.9. The van der Waals surface area contributed by atoms with Crippen LogP contribution >= 0.6 is 0 Å². The quantitative estimate of drug-likeness (QED) is 0.421. The molecular weight excluding hydrogens is 434 g/mol. The molecule has 2 heterocycles. The number of carboxylic acid groups (broad SMARTS) is 1. The number of hydrogen-bond donors (Lipinski definition) is 1. The van der Waals surface area contributed by atoms with E-state index in [1.165, 1.54) is 0 Å². The molecule has 7 nitrogen and oxygen atoms in total. The summed E-state index contributed by atoms with van der Waals surface area (Å²) < 4.78 is 11.5. The molecule has 2 aromatic heterocycles. The summed E-state index contributed by atoms with van der Waals surface area (Å²) in [6, 6.07) is 10.6. The van der Waals surface area contributed by atoms with Crippen molar-refractivity contribution in [3.8, 4) is 11.1 Å². The van der Waals surface area contributed by atoms with E-state index in [0.717, 1.165) is 16.5 Å².